The summed E-state index contributed by atoms with van der Waals surface area (Å²) < 4.78 is 7.73. The SMILES string of the molecule is C[C@H](NC(=O)COc1ccccc1)c1nnc2n1CCN(Cc1ccc(N3CCCC3)cc1)CC2. The average molecular weight is 475 g/mol. The molecular weight excluding hydrogens is 440 g/mol. The van der Waals surface area contributed by atoms with Crippen LogP contribution in [0.2, 0.25) is 0 Å². The van der Waals surface area contributed by atoms with Gasteiger partial charge in [-0.2, -0.15) is 0 Å². The molecule has 2 aliphatic rings. The van der Waals surface area contributed by atoms with Gasteiger partial charge in [0.2, 0.25) is 0 Å². The van der Waals surface area contributed by atoms with Gasteiger partial charge in [-0.1, -0.05) is 30.3 Å². The molecule has 0 bridgehead atoms. The summed E-state index contributed by atoms with van der Waals surface area (Å²) in [5.41, 5.74) is 2.67. The van der Waals surface area contributed by atoms with Crippen LogP contribution in [0.4, 0.5) is 5.69 Å². The van der Waals surface area contributed by atoms with Gasteiger partial charge in [0.05, 0.1) is 6.04 Å². The largest absolute Gasteiger partial charge is 0.484 e. The van der Waals surface area contributed by atoms with Crippen LogP contribution in [-0.4, -0.2) is 58.4 Å². The number of ether oxygens (including phenoxy) is 1. The zero-order valence-electron chi connectivity index (χ0n) is 20.4. The Labute approximate surface area is 206 Å². The van der Waals surface area contributed by atoms with E-state index in [1.807, 2.05) is 37.3 Å². The Morgan fingerprint density at radius 1 is 0.971 bits per heavy atom. The van der Waals surface area contributed by atoms with Crippen molar-refractivity contribution in [3.05, 3.63) is 71.8 Å². The molecule has 8 heteroatoms. The highest BCUT2D eigenvalue weighted by atomic mass is 16.5. The average Bonchev–Trinajstić information content (AvgIpc) is 3.52. The summed E-state index contributed by atoms with van der Waals surface area (Å²) in [6, 6.07) is 18.2. The molecule has 1 fully saturated rings. The van der Waals surface area contributed by atoms with Crippen LogP contribution >= 0.6 is 0 Å². The number of anilines is 1. The fraction of sp³-hybridized carbons (Fsp3) is 0.444. The van der Waals surface area contributed by atoms with E-state index < -0.39 is 0 Å². The molecule has 8 nitrogen and oxygen atoms in total. The van der Waals surface area contributed by atoms with Crippen LogP contribution in [0.15, 0.2) is 54.6 Å². The van der Waals surface area contributed by atoms with Crippen molar-refractivity contribution in [1.29, 1.82) is 0 Å². The maximum atomic E-state index is 12.4. The van der Waals surface area contributed by atoms with Crippen molar-refractivity contribution in [2.24, 2.45) is 0 Å². The number of rotatable bonds is 8. The van der Waals surface area contributed by atoms with Crippen LogP contribution < -0.4 is 15.0 Å². The Balaban J connectivity index is 1.14. The van der Waals surface area contributed by atoms with E-state index in [0.29, 0.717) is 5.75 Å². The molecule has 1 saturated heterocycles. The molecule has 2 aromatic carbocycles. The lowest BCUT2D eigenvalue weighted by Crippen LogP contribution is -2.33. The third kappa shape index (κ3) is 5.82. The number of amides is 1. The maximum Gasteiger partial charge on any atom is 0.258 e. The lowest BCUT2D eigenvalue weighted by atomic mass is 10.2. The molecule has 0 aliphatic carbocycles. The fourth-order valence-corrected chi connectivity index (χ4v) is 4.93. The van der Waals surface area contributed by atoms with E-state index in [9.17, 15) is 4.79 Å². The number of hydrogen-bond donors (Lipinski definition) is 1. The molecule has 2 aliphatic heterocycles. The molecule has 35 heavy (non-hydrogen) atoms. The first-order chi connectivity index (χ1) is 17.2. The molecule has 1 atom stereocenters. The predicted octanol–water partition coefficient (Wildman–Crippen LogP) is 3.19. The van der Waals surface area contributed by atoms with E-state index in [2.05, 4.69) is 54.1 Å². The molecule has 184 valence electrons. The molecule has 1 N–H and O–H groups in total. The van der Waals surface area contributed by atoms with Gasteiger partial charge in [-0.3, -0.25) is 9.69 Å². The minimum atomic E-state index is -0.243. The second kappa shape index (κ2) is 10.9. The normalized spacial score (nSPS) is 17.0. The van der Waals surface area contributed by atoms with Crippen molar-refractivity contribution in [1.82, 2.24) is 25.0 Å². The molecule has 1 aromatic heterocycles. The first-order valence-corrected chi connectivity index (χ1v) is 12.6. The van der Waals surface area contributed by atoms with Gasteiger partial charge in [0, 0.05) is 51.4 Å². The highest BCUT2D eigenvalue weighted by molar-refractivity contribution is 5.77. The topological polar surface area (TPSA) is 75.5 Å². The van der Waals surface area contributed by atoms with Crippen molar-refractivity contribution in [3.8, 4) is 5.75 Å². The molecule has 5 rings (SSSR count). The summed E-state index contributed by atoms with van der Waals surface area (Å²) in [4.78, 5) is 17.4. The van der Waals surface area contributed by atoms with Gasteiger partial charge in [0.1, 0.15) is 11.6 Å². The first kappa shape index (κ1) is 23.4. The van der Waals surface area contributed by atoms with E-state index in [1.165, 1.54) is 37.2 Å². The highest BCUT2D eigenvalue weighted by Gasteiger charge is 2.23. The monoisotopic (exact) mass is 474 g/mol. The Hall–Kier alpha value is -3.39. The van der Waals surface area contributed by atoms with E-state index >= 15 is 0 Å². The number of aromatic nitrogens is 3. The number of carbonyl (C=O) groups excluding carboxylic acids is 1. The summed E-state index contributed by atoms with van der Waals surface area (Å²) in [6.07, 6.45) is 3.44. The standard InChI is InChI=1S/C27H34N6O2/c1-21(28-26(34)20-35-24-7-3-2-4-8-24)27-30-29-25-13-16-31(17-18-33(25)27)19-22-9-11-23(12-10-22)32-14-5-6-15-32/h2-4,7-12,21H,5-6,13-20H2,1H3,(H,28,34)/t21-/m0/s1. The molecule has 0 saturated carbocycles. The number of para-hydroxylation sites is 1. The van der Waals surface area contributed by atoms with Crippen molar-refractivity contribution < 1.29 is 9.53 Å². The maximum absolute atomic E-state index is 12.4. The zero-order valence-corrected chi connectivity index (χ0v) is 20.4. The molecular formula is C27H34N6O2. The number of fused-ring (bicyclic) bond motifs is 1. The van der Waals surface area contributed by atoms with Gasteiger partial charge in [-0.25, -0.2) is 0 Å². The van der Waals surface area contributed by atoms with Crippen LogP contribution in [0, 0.1) is 0 Å². The Bertz CT molecular complexity index is 1110. The van der Waals surface area contributed by atoms with Crippen molar-refractivity contribution in [3.63, 3.8) is 0 Å². The van der Waals surface area contributed by atoms with Crippen molar-refractivity contribution in [2.75, 3.05) is 37.7 Å². The lowest BCUT2D eigenvalue weighted by Gasteiger charge is -2.21. The molecule has 1 amide bonds. The van der Waals surface area contributed by atoms with E-state index in [-0.39, 0.29) is 18.6 Å². The summed E-state index contributed by atoms with van der Waals surface area (Å²) in [5, 5.41) is 11.8. The van der Waals surface area contributed by atoms with Gasteiger partial charge in [0.15, 0.2) is 12.4 Å². The molecule has 0 radical (unpaired) electrons. The van der Waals surface area contributed by atoms with Gasteiger partial charge in [0.25, 0.3) is 5.91 Å². The van der Waals surface area contributed by atoms with Gasteiger partial charge >= 0.3 is 0 Å². The summed E-state index contributed by atoms with van der Waals surface area (Å²) in [5.74, 6) is 2.28. The fourth-order valence-electron chi connectivity index (χ4n) is 4.93. The second-order valence-electron chi connectivity index (χ2n) is 9.40. The smallest absolute Gasteiger partial charge is 0.258 e. The first-order valence-electron chi connectivity index (χ1n) is 12.6. The van der Waals surface area contributed by atoms with Crippen LogP contribution in [0.5, 0.6) is 5.75 Å². The number of carbonyl (C=O) groups is 1. The van der Waals surface area contributed by atoms with Crippen molar-refractivity contribution >= 4 is 11.6 Å². The van der Waals surface area contributed by atoms with Crippen LogP contribution in [0.1, 0.15) is 43.0 Å². The van der Waals surface area contributed by atoms with Crippen LogP contribution in [-0.2, 0) is 24.3 Å². The third-order valence-electron chi connectivity index (χ3n) is 6.84. The predicted molar refractivity (Wildman–Crippen MR) is 135 cm³/mol. The minimum absolute atomic E-state index is 0.0281. The number of nitrogens with one attached hydrogen (secondary N) is 1. The number of nitrogens with zero attached hydrogens (tertiary/aromatic N) is 5. The second-order valence-corrected chi connectivity index (χ2v) is 9.40. The molecule has 3 aromatic rings. The molecule has 0 spiro atoms. The zero-order chi connectivity index (χ0) is 24.0. The third-order valence-corrected chi connectivity index (χ3v) is 6.84. The summed E-state index contributed by atoms with van der Waals surface area (Å²) >= 11 is 0. The molecule has 3 heterocycles. The minimum Gasteiger partial charge on any atom is -0.484 e. The van der Waals surface area contributed by atoms with Crippen LogP contribution in [0.3, 0.4) is 0 Å². The van der Waals surface area contributed by atoms with E-state index in [4.69, 9.17) is 4.74 Å². The highest BCUT2D eigenvalue weighted by Crippen LogP contribution is 2.22. The lowest BCUT2D eigenvalue weighted by molar-refractivity contribution is -0.123. The van der Waals surface area contributed by atoms with Gasteiger partial charge in [-0.15, -0.1) is 10.2 Å². The Morgan fingerprint density at radius 3 is 2.51 bits per heavy atom. The Morgan fingerprint density at radius 2 is 1.74 bits per heavy atom. The number of benzene rings is 2. The Kier molecular flexibility index (Phi) is 7.28. The molecule has 0 unspecified atom stereocenters. The number of hydrogen-bond acceptors (Lipinski definition) is 6. The van der Waals surface area contributed by atoms with E-state index in [0.717, 1.165) is 44.2 Å². The van der Waals surface area contributed by atoms with Gasteiger partial charge < -0.3 is 19.5 Å². The summed E-state index contributed by atoms with van der Waals surface area (Å²) in [7, 11) is 0. The van der Waals surface area contributed by atoms with E-state index in [1.54, 1.807) is 0 Å². The quantitative estimate of drug-likeness (QED) is 0.541. The van der Waals surface area contributed by atoms with Crippen molar-refractivity contribution in [2.45, 2.75) is 45.3 Å². The summed E-state index contributed by atoms with van der Waals surface area (Å²) in [6.45, 7) is 7.86. The van der Waals surface area contributed by atoms with Gasteiger partial charge in [-0.05, 0) is 49.6 Å². The van der Waals surface area contributed by atoms with Crippen LogP contribution in [0.25, 0.3) is 0 Å².